The minimum atomic E-state index is -0.697. The largest absolute Gasteiger partial charge is 0.369 e. The second-order valence-electron chi connectivity index (χ2n) is 4.52. The Morgan fingerprint density at radius 1 is 1.47 bits per heavy atom. The molecule has 1 aliphatic heterocycles. The summed E-state index contributed by atoms with van der Waals surface area (Å²) >= 11 is 12.1. The third-order valence-corrected chi connectivity index (χ3v) is 8.48. The molecule has 0 bridgehead atoms. The van der Waals surface area contributed by atoms with Crippen LogP contribution in [0.4, 0.5) is 0 Å². The first kappa shape index (κ1) is 15.5. The maximum absolute atomic E-state index is 12.2. The number of halogens is 3. The molecule has 2 atom stereocenters. The number of carbonyl (C=O) groups excluding carboxylic acids is 1. The highest BCUT2D eigenvalue weighted by atomic mass is 79.9. The Bertz CT molecular complexity index is 586. The van der Waals surface area contributed by atoms with Crippen molar-refractivity contribution >= 4 is 71.0 Å². The van der Waals surface area contributed by atoms with Gasteiger partial charge in [0.15, 0.2) is 5.96 Å². The van der Waals surface area contributed by atoms with Crippen molar-refractivity contribution in [2.75, 3.05) is 7.05 Å². The van der Waals surface area contributed by atoms with E-state index in [1.807, 2.05) is 13.8 Å². The van der Waals surface area contributed by atoms with Gasteiger partial charge in [0, 0.05) is 16.4 Å². The van der Waals surface area contributed by atoms with Crippen LogP contribution >= 0.6 is 59.1 Å². The van der Waals surface area contributed by atoms with E-state index in [9.17, 15) is 4.79 Å². The standard InChI is InChI=1S/C11H12Br3N3OS/c1-4-5(12)8(14)19-7(4)11(2)6(13)9(18)17(3)10(15)16-11/h6H,1-3H3,(H2,15,16)/t6?,11-/m0/s1. The molecule has 0 radical (unpaired) electrons. The Kier molecular flexibility index (Phi) is 4.17. The van der Waals surface area contributed by atoms with E-state index in [2.05, 4.69) is 52.8 Å². The van der Waals surface area contributed by atoms with E-state index >= 15 is 0 Å². The summed E-state index contributed by atoms with van der Waals surface area (Å²) in [7, 11) is 1.63. The van der Waals surface area contributed by atoms with Crippen LogP contribution in [0.5, 0.6) is 0 Å². The van der Waals surface area contributed by atoms with Gasteiger partial charge in [-0.3, -0.25) is 9.69 Å². The fourth-order valence-corrected chi connectivity index (χ4v) is 5.19. The van der Waals surface area contributed by atoms with E-state index in [1.165, 1.54) is 4.90 Å². The maximum atomic E-state index is 12.2. The van der Waals surface area contributed by atoms with E-state index in [0.29, 0.717) is 0 Å². The van der Waals surface area contributed by atoms with Crippen LogP contribution in [0, 0.1) is 6.92 Å². The van der Waals surface area contributed by atoms with Crippen molar-refractivity contribution in [1.29, 1.82) is 0 Å². The highest BCUT2D eigenvalue weighted by molar-refractivity contribution is 9.13. The molecule has 1 aromatic heterocycles. The summed E-state index contributed by atoms with van der Waals surface area (Å²) in [6.45, 7) is 3.92. The van der Waals surface area contributed by atoms with E-state index < -0.39 is 10.4 Å². The van der Waals surface area contributed by atoms with E-state index in [-0.39, 0.29) is 11.9 Å². The van der Waals surface area contributed by atoms with Crippen LogP contribution < -0.4 is 5.73 Å². The van der Waals surface area contributed by atoms with Crippen LogP contribution in [0.15, 0.2) is 13.3 Å². The Balaban J connectivity index is 2.64. The first-order valence-corrected chi connectivity index (χ1v) is 8.73. The molecule has 0 fully saturated rings. The second-order valence-corrected chi connectivity index (χ2v) is 8.57. The van der Waals surface area contributed by atoms with Crippen molar-refractivity contribution in [3.05, 3.63) is 18.7 Å². The van der Waals surface area contributed by atoms with Gasteiger partial charge < -0.3 is 5.73 Å². The predicted octanol–water partition coefficient (Wildman–Crippen LogP) is 3.35. The van der Waals surface area contributed by atoms with Gasteiger partial charge >= 0.3 is 0 Å². The summed E-state index contributed by atoms with van der Waals surface area (Å²) in [5, 5.41) is 0. The summed E-state index contributed by atoms with van der Waals surface area (Å²) < 4.78 is 1.98. The van der Waals surface area contributed by atoms with Gasteiger partial charge in [-0.1, -0.05) is 15.9 Å². The summed E-state index contributed by atoms with van der Waals surface area (Å²) in [5.74, 6) is 0.151. The quantitative estimate of drug-likeness (QED) is 0.636. The molecule has 2 heterocycles. The van der Waals surface area contributed by atoms with Gasteiger partial charge in [-0.25, -0.2) is 4.99 Å². The molecule has 1 aliphatic rings. The van der Waals surface area contributed by atoms with Gasteiger partial charge in [-0.15, -0.1) is 11.3 Å². The van der Waals surface area contributed by atoms with E-state index in [1.54, 1.807) is 18.4 Å². The zero-order valence-corrected chi connectivity index (χ0v) is 16.1. The predicted molar refractivity (Wildman–Crippen MR) is 88.9 cm³/mol. The van der Waals surface area contributed by atoms with Gasteiger partial charge in [0.1, 0.15) is 10.4 Å². The molecule has 1 aromatic rings. The normalized spacial score (nSPS) is 27.7. The number of aliphatic imine (C=N–C) groups is 1. The molecule has 0 saturated carbocycles. The molecule has 0 aromatic carbocycles. The minimum absolute atomic E-state index is 0.0879. The number of hydrogen-bond acceptors (Lipinski definition) is 4. The molecule has 0 saturated heterocycles. The SMILES string of the molecule is Cc1c([C@@]2(C)N=C(N)N(C)C(=O)C2Br)sc(Br)c1Br. The lowest BCUT2D eigenvalue weighted by Crippen LogP contribution is -2.54. The molecule has 104 valence electrons. The Labute approximate surface area is 140 Å². The highest BCUT2D eigenvalue weighted by Gasteiger charge is 2.47. The van der Waals surface area contributed by atoms with E-state index in [0.717, 1.165) is 18.7 Å². The average Bonchev–Trinajstić information content (AvgIpc) is 2.62. The van der Waals surface area contributed by atoms with Crippen molar-refractivity contribution in [2.24, 2.45) is 10.7 Å². The van der Waals surface area contributed by atoms with Crippen molar-refractivity contribution < 1.29 is 4.79 Å². The topological polar surface area (TPSA) is 58.7 Å². The van der Waals surface area contributed by atoms with Crippen molar-refractivity contribution in [3.63, 3.8) is 0 Å². The molecule has 0 aliphatic carbocycles. The third kappa shape index (κ3) is 2.30. The summed E-state index contributed by atoms with van der Waals surface area (Å²) in [6.07, 6.45) is 0. The smallest absolute Gasteiger partial charge is 0.245 e. The maximum Gasteiger partial charge on any atom is 0.245 e. The van der Waals surface area contributed by atoms with Gasteiger partial charge in [-0.2, -0.15) is 0 Å². The number of carbonyl (C=O) groups is 1. The summed E-state index contributed by atoms with van der Waals surface area (Å²) in [5.41, 5.74) is 6.22. The van der Waals surface area contributed by atoms with Crippen LogP contribution in [0.1, 0.15) is 17.4 Å². The van der Waals surface area contributed by atoms with Crippen molar-refractivity contribution in [3.8, 4) is 0 Å². The zero-order chi connectivity index (χ0) is 14.5. The number of guanidine groups is 1. The average molecular weight is 474 g/mol. The van der Waals surface area contributed by atoms with E-state index in [4.69, 9.17) is 5.73 Å². The lowest BCUT2D eigenvalue weighted by Gasteiger charge is -2.37. The van der Waals surface area contributed by atoms with Crippen molar-refractivity contribution in [1.82, 2.24) is 4.90 Å². The molecule has 0 spiro atoms. The zero-order valence-electron chi connectivity index (χ0n) is 10.5. The van der Waals surface area contributed by atoms with Crippen molar-refractivity contribution in [2.45, 2.75) is 24.2 Å². The number of nitrogens with two attached hydrogens (primary N) is 1. The highest BCUT2D eigenvalue weighted by Crippen LogP contribution is 2.47. The Morgan fingerprint density at radius 3 is 2.53 bits per heavy atom. The second kappa shape index (κ2) is 5.13. The number of nitrogens with zero attached hydrogens (tertiary/aromatic N) is 2. The fraction of sp³-hybridized carbons (Fsp3) is 0.455. The molecule has 2 rings (SSSR count). The third-order valence-electron chi connectivity index (χ3n) is 3.23. The number of thiophene rings is 1. The van der Waals surface area contributed by atoms with Gasteiger partial charge in [0.25, 0.3) is 0 Å². The van der Waals surface area contributed by atoms with Gasteiger partial charge in [0.2, 0.25) is 5.91 Å². The molecule has 19 heavy (non-hydrogen) atoms. The first-order valence-electron chi connectivity index (χ1n) is 5.42. The Morgan fingerprint density at radius 2 is 2.05 bits per heavy atom. The van der Waals surface area contributed by atoms with Crippen LogP contribution in [0.25, 0.3) is 0 Å². The molecule has 2 N–H and O–H groups in total. The monoisotopic (exact) mass is 471 g/mol. The lowest BCUT2D eigenvalue weighted by atomic mass is 9.92. The number of amides is 1. The van der Waals surface area contributed by atoms with Gasteiger partial charge in [-0.05, 0) is 51.3 Å². The number of hydrogen-bond donors (Lipinski definition) is 1. The fourth-order valence-electron chi connectivity index (χ4n) is 2.00. The molecule has 1 amide bonds. The molecular weight excluding hydrogens is 462 g/mol. The minimum Gasteiger partial charge on any atom is -0.369 e. The molecular formula is C11H12Br3N3OS. The number of alkyl halides is 1. The molecule has 8 heteroatoms. The molecule has 1 unspecified atom stereocenters. The summed E-state index contributed by atoms with van der Waals surface area (Å²) in [6, 6.07) is 0. The van der Waals surface area contributed by atoms with Gasteiger partial charge in [0.05, 0.1) is 3.79 Å². The first-order chi connectivity index (χ1) is 8.70. The van der Waals surface area contributed by atoms with Crippen LogP contribution in [0.3, 0.4) is 0 Å². The lowest BCUT2D eigenvalue weighted by molar-refractivity contribution is -0.127. The van der Waals surface area contributed by atoms with Crippen LogP contribution in [0.2, 0.25) is 0 Å². The number of rotatable bonds is 1. The Hall–Kier alpha value is 0.0800. The molecule has 4 nitrogen and oxygen atoms in total. The van der Waals surface area contributed by atoms with Crippen LogP contribution in [-0.2, 0) is 10.3 Å². The summed E-state index contributed by atoms with van der Waals surface area (Å²) in [4.78, 5) is 18.7. The van der Waals surface area contributed by atoms with Crippen LogP contribution in [-0.4, -0.2) is 28.6 Å².